The van der Waals surface area contributed by atoms with Crippen LogP contribution in [-0.4, -0.2) is 28.5 Å². The van der Waals surface area contributed by atoms with Crippen LogP contribution < -0.4 is 5.32 Å². The van der Waals surface area contributed by atoms with Crippen LogP contribution in [0.25, 0.3) is 0 Å². The third kappa shape index (κ3) is 16.0. The lowest BCUT2D eigenvalue weighted by molar-refractivity contribution is -0.140. The fourth-order valence-electron chi connectivity index (χ4n) is 2.81. The Morgan fingerprint density at radius 2 is 1.42 bits per heavy atom. The highest BCUT2D eigenvalue weighted by Crippen LogP contribution is 2.10. The summed E-state index contributed by atoms with van der Waals surface area (Å²) in [5.74, 6) is -0.881. The van der Waals surface area contributed by atoms with Crippen molar-refractivity contribution in [1.29, 1.82) is 0 Å². The van der Waals surface area contributed by atoms with Crippen molar-refractivity contribution >= 4 is 5.97 Å². The zero-order valence-electron chi connectivity index (χ0n) is 15.8. The second-order valence-electron chi connectivity index (χ2n) is 6.75. The summed E-state index contributed by atoms with van der Waals surface area (Å²) in [4.78, 5) is 11.0. The monoisotopic (exact) mass is 341 g/mol. The van der Waals surface area contributed by atoms with Gasteiger partial charge in [-0.2, -0.15) is 0 Å². The van der Waals surface area contributed by atoms with E-state index >= 15 is 0 Å². The summed E-state index contributed by atoms with van der Waals surface area (Å²) in [6.45, 7) is 3.80. The fraction of sp³-hybridized carbons (Fsp3) is 0.850. The first-order valence-corrected chi connectivity index (χ1v) is 9.89. The van der Waals surface area contributed by atoms with Gasteiger partial charge in [-0.25, -0.2) is 0 Å². The van der Waals surface area contributed by atoms with Crippen LogP contribution in [0, 0.1) is 0 Å². The summed E-state index contributed by atoms with van der Waals surface area (Å²) < 4.78 is 0. The molecule has 0 aliphatic rings. The van der Waals surface area contributed by atoms with Crippen molar-refractivity contribution in [3.05, 3.63) is 12.2 Å². The number of rotatable bonds is 17. The normalized spacial score (nSPS) is 14.1. The van der Waals surface area contributed by atoms with E-state index in [0.717, 1.165) is 25.7 Å². The molecule has 0 amide bonds. The number of carboxylic acids is 1. The minimum Gasteiger partial charge on any atom is -0.480 e. The number of unbranched alkanes of at least 4 members (excludes halogenated alkanes) is 10. The second kappa shape index (κ2) is 17.0. The number of allylic oxidation sites excluding steroid dienone is 2. The third-order valence-corrected chi connectivity index (χ3v) is 4.25. The molecule has 0 saturated heterocycles. The lowest BCUT2D eigenvalue weighted by atomic mass is 10.1. The van der Waals surface area contributed by atoms with E-state index < -0.39 is 18.2 Å². The summed E-state index contributed by atoms with van der Waals surface area (Å²) >= 11 is 0. The van der Waals surface area contributed by atoms with Crippen LogP contribution in [0.4, 0.5) is 0 Å². The van der Waals surface area contributed by atoms with E-state index in [0.29, 0.717) is 6.42 Å². The van der Waals surface area contributed by atoms with Gasteiger partial charge in [-0.1, -0.05) is 70.4 Å². The van der Waals surface area contributed by atoms with Gasteiger partial charge in [0.25, 0.3) is 0 Å². The molecule has 142 valence electrons. The summed E-state index contributed by atoms with van der Waals surface area (Å²) in [6, 6.07) is -0.637. The van der Waals surface area contributed by atoms with Crippen molar-refractivity contribution < 1.29 is 15.0 Å². The number of carbonyl (C=O) groups is 1. The van der Waals surface area contributed by atoms with Gasteiger partial charge in [0.05, 0.1) is 0 Å². The van der Waals surface area contributed by atoms with E-state index in [2.05, 4.69) is 24.4 Å². The van der Waals surface area contributed by atoms with E-state index in [9.17, 15) is 9.90 Å². The Morgan fingerprint density at radius 1 is 0.917 bits per heavy atom. The van der Waals surface area contributed by atoms with Crippen LogP contribution in [0.15, 0.2) is 12.2 Å². The van der Waals surface area contributed by atoms with Crippen molar-refractivity contribution in [3.63, 3.8) is 0 Å². The molecule has 0 aromatic heterocycles. The molecule has 4 nitrogen and oxygen atoms in total. The Morgan fingerprint density at radius 3 is 1.92 bits per heavy atom. The topological polar surface area (TPSA) is 69.6 Å². The molecular weight excluding hydrogens is 302 g/mol. The molecule has 24 heavy (non-hydrogen) atoms. The van der Waals surface area contributed by atoms with E-state index in [1.165, 1.54) is 51.4 Å². The zero-order chi connectivity index (χ0) is 18.0. The largest absolute Gasteiger partial charge is 0.480 e. The number of aliphatic hydroxyl groups excluding tert-OH is 1. The van der Waals surface area contributed by atoms with Crippen molar-refractivity contribution in [2.24, 2.45) is 0 Å². The number of aliphatic carboxylic acids is 1. The maximum Gasteiger partial charge on any atom is 0.320 e. The molecule has 2 unspecified atom stereocenters. The molecular formula is C20H39NO3. The van der Waals surface area contributed by atoms with Crippen molar-refractivity contribution in [2.75, 3.05) is 0 Å². The van der Waals surface area contributed by atoms with Crippen LogP contribution in [0.1, 0.15) is 97.3 Å². The van der Waals surface area contributed by atoms with Crippen LogP contribution in [0.5, 0.6) is 0 Å². The number of aliphatic hydroxyl groups is 1. The van der Waals surface area contributed by atoms with Crippen molar-refractivity contribution in [1.82, 2.24) is 5.32 Å². The Hall–Kier alpha value is -0.870. The Kier molecular flexibility index (Phi) is 16.4. The molecule has 0 fully saturated rings. The minimum atomic E-state index is -0.881. The SMILES string of the molecule is CCCCCCCCC=CCCCCCCC(NC(C)O)C(=O)O. The van der Waals surface area contributed by atoms with Gasteiger partial charge < -0.3 is 10.2 Å². The molecule has 0 aromatic carbocycles. The molecule has 0 aliphatic heterocycles. The predicted octanol–water partition coefficient (Wildman–Crippen LogP) is 5.01. The average Bonchev–Trinajstić information content (AvgIpc) is 2.53. The molecule has 2 atom stereocenters. The smallest absolute Gasteiger partial charge is 0.320 e. The number of hydrogen-bond acceptors (Lipinski definition) is 3. The molecule has 0 radical (unpaired) electrons. The quantitative estimate of drug-likeness (QED) is 0.197. The third-order valence-electron chi connectivity index (χ3n) is 4.25. The Balaban J connectivity index is 3.40. The number of hydrogen-bond donors (Lipinski definition) is 3. The molecule has 0 spiro atoms. The van der Waals surface area contributed by atoms with E-state index in [4.69, 9.17) is 5.11 Å². The Bertz CT molecular complexity index is 316. The second-order valence-corrected chi connectivity index (χ2v) is 6.75. The molecule has 0 aliphatic carbocycles. The minimum absolute atomic E-state index is 0.577. The van der Waals surface area contributed by atoms with Crippen molar-refractivity contribution in [3.8, 4) is 0 Å². The molecule has 0 aromatic rings. The highest BCUT2D eigenvalue weighted by Gasteiger charge is 2.17. The first-order valence-electron chi connectivity index (χ1n) is 9.89. The van der Waals surface area contributed by atoms with Crippen molar-refractivity contribution in [2.45, 2.75) is 110 Å². The van der Waals surface area contributed by atoms with Gasteiger partial charge in [-0.3, -0.25) is 10.1 Å². The first kappa shape index (κ1) is 23.1. The van der Waals surface area contributed by atoms with E-state index in [1.54, 1.807) is 6.92 Å². The summed E-state index contributed by atoms with van der Waals surface area (Å²) in [5.41, 5.74) is 0. The van der Waals surface area contributed by atoms with Crippen LogP contribution in [-0.2, 0) is 4.79 Å². The van der Waals surface area contributed by atoms with Gasteiger partial charge in [-0.15, -0.1) is 0 Å². The predicted molar refractivity (Wildman–Crippen MR) is 101 cm³/mol. The van der Waals surface area contributed by atoms with Gasteiger partial charge >= 0.3 is 5.97 Å². The lowest BCUT2D eigenvalue weighted by Gasteiger charge is -2.16. The van der Waals surface area contributed by atoms with Crippen LogP contribution >= 0.6 is 0 Å². The molecule has 3 N–H and O–H groups in total. The standard InChI is InChI=1S/C20H39NO3/c1-3-4-5-6-7-8-9-10-11-12-13-14-15-16-17-19(20(23)24)21-18(2)22/h10-11,18-19,21-22H,3-9,12-17H2,1-2H3,(H,23,24). The zero-order valence-corrected chi connectivity index (χ0v) is 15.8. The highest BCUT2D eigenvalue weighted by molar-refractivity contribution is 5.73. The lowest BCUT2D eigenvalue weighted by Crippen LogP contribution is -2.41. The van der Waals surface area contributed by atoms with Gasteiger partial charge in [0.15, 0.2) is 0 Å². The van der Waals surface area contributed by atoms with Crippen LogP contribution in [0.2, 0.25) is 0 Å². The van der Waals surface area contributed by atoms with Gasteiger partial charge in [0.1, 0.15) is 12.3 Å². The van der Waals surface area contributed by atoms with Gasteiger partial charge in [0, 0.05) is 0 Å². The summed E-state index contributed by atoms with van der Waals surface area (Å²) in [7, 11) is 0. The highest BCUT2D eigenvalue weighted by atomic mass is 16.4. The molecule has 0 heterocycles. The summed E-state index contributed by atoms with van der Waals surface area (Å²) in [6.07, 6.45) is 19.1. The van der Waals surface area contributed by atoms with E-state index in [-0.39, 0.29) is 0 Å². The average molecular weight is 342 g/mol. The Labute approximate surface area is 148 Å². The number of carboxylic acid groups (broad SMARTS) is 1. The molecule has 0 bridgehead atoms. The summed E-state index contributed by atoms with van der Waals surface area (Å²) in [5, 5.41) is 20.9. The van der Waals surface area contributed by atoms with Gasteiger partial charge in [0.2, 0.25) is 0 Å². The first-order chi connectivity index (χ1) is 11.6. The fourth-order valence-corrected chi connectivity index (χ4v) is 2.81. The van der Waals surface area contributed by atoms with Gasteiger partial charge in [-0.05, 0) is 39.0 Å². The maximum atomic E-state index is 11.0. The maximum absolute atomic E-state index is 11.0. The molecule has 0 saturated carbocycles. The number of nitrogens with one attached hydrogen (secondary N) is 1. The molecule has 4 heteroatoms. The molecule has 0 rings (SSSR count). The van der Waals surface area contributed by atoms with E-state index in [1.807, 2.05) is 0 Å². The van der Waals surface area contributed by atoms with Crippen LogP contribution in [0.3, 0.4) is 0 Å².